The molecular formula is C19H32O3. The van der Waals surface area contributed by atoms with Gasteiger partial charge in [-0.2, -0.15) is 0 Å². The average molecular weight is 308 g/mol. The minimum atomic E-state index is -0.745. The lowest BCUT2D eigenvalue weighted by molar-refractivity contribution is -0.136. The molecule has 1 aromatic carbocycles. The summed E-state index contributed by atoms with van der Waals surface area (Å²) in [6.07, 6.45) is 11.0. The van der Waals surface area contributed by atoms with E-state index in [1.54, 1.807) is 6.92 Å². The zero-order valence-electron chi connectivity index (χ0n) is 14.2. The molecule has 0 atom stereocenters. The molecule has 22 heavy (non-hydrogen) atoms. The van der Waals surface area contributed by atoms with Gasteiger partial charge in [-0.25, -0.2) is 0 Å². The highest BCUT2D eigenvalue weighted by atomic mass is 16.5. The molecule has 0 fully saturated rings. The second-order valence-electron chi connectivity index (χ2n) is 5.38. The summed E-state index contributed by atoms with van der Waals surface area (Å²) in [5.74, 6) is 0.250. The summed E-state index contributed by atoms with van der Waals surface area (Å²) in [6, 6.07) is 10.1. The molecular weight excluding hydrogens is 276 g/mol. The van der Waals surface area contributed by atoms with Crippen molar-refractivity contribution in [1.29, 1.82) is 0 Å². The maximum Gasteiger partial charge on any atom is 0.303 e. The molecule has 1 aromatic rings. The Morgan fingerprint density at radius 1 is 0.909 bits per heavy atom. The Balaban J connectivity index is 0.000000763. The Morgan fingerprint density at radius 3 is 1.91 bits per heavy atom. The molecule has 0 amide bonds. The number of benzene rings is 1. The normalized spacial score (nSPS) is 9.73. The predicted molar refractivity (Wildman–Crippen MR) is 92.5 cm³/mol. The fraction of sp³-hybridized carbons (Fsp3) is 0.632. The smallest absolute Gasteiger partial charge is 0.303 e. The number of hydrogen-bond donors (Lipinski definition) is 1. The minimum Gasteiger partial charge on any atom is -0.494 e. The van der Waals surface area contributed by atoms with Crippen LogP contribution in [0.4, 0.5) is 0 Å². The Morgan fingerprint density at radius 2 is 1.41 bits per heavy atom. The van der Waals surface area contributed by atoms with Crippen molar-refractivity contribution in [3.63, 3.8) is 0 Å². The first-order valence-electron chi connectivity index (χ1n) is 8.60. The van der Waals surface area contributed by atoms with Gasteiger partial charge in [0.2, 0.25) is 0 Å². The van der Waals surface area contributed by atoms with E-state index in [4.69, 9.17) is 9.84 Å². The van der Waals surface area contributed by atoms with Gasteiger partial charge in [-0.05, 0) is 18.6 Å². The third-order valence-electron chi connectivity index (χ3n) is 3.31. The lowest BCUT2D eigenvalue weighted by atomic mass is 10.1. The van der Waals surface area contributed by atoms with Crippen LogP contribution in [0.15, 0.2) is 30.3 Å². The maximum atomic E-state index is 9.37. The van der Waals surface area contributed by atoms with Gasteiger partial charge >= 0.3 is 5.97 Å². The number of para-hydroxylation sites is 1. The number of carboxylic acids is 1. The van der Waals surface area contributed by atoms with Crippen molar-refractivity contribution in [2.75, 3.05) is 6.61 Å². The number of carbonyl (C=O) groups is 1. The lowest BCUT2D eigenvalue weighted by Crippen LogP contribution is -1.96. The van der Waals surface area contributed by atoms with E-state index in [1.165, 1.54) is 51.4 Å². The van der Waals surface area contributed by atoms with E-state index in [-0.39, 0.29) is 6.42 Å². The fourth-order valence-corrected chi connectivity index (χ4v) is 1.94. The summed E-state index contributed by atoms with van der Waals surface area (Å²) in [4.78, 5) is 9.37. The Kier molecular flexibility index (Phi) is 14.8. The lowest BCUT2D eigenvalue weighted by Gasteiger charge is -2.05. The Hall–Kier alpha value is -1.51. The van der Waals surface area contributed by atoms with Crippen molar-refractivity contribution in [1.82, 2.24) is 0 Å². The second-order valence-corrected chi connectivity index (χ2v) is 5.38. The van der Waals surface area contributed by atoms with E-state index in [0.717, 1.165) is 12.4 Å². The molecule has 0 aromatic heterocycles. The molecule has 0 aliphatic heterocycles. The van der Waals surface area contributed by atoms with Gasteiger partial charge in [0, 0.05) is 6.42 Å². The number of rotatable bonds is 11. The molecule has 0 aliphatic rings. The van der Waals surface area contributed by atoms with Gasteiger partial charge in [-0.3, -0.25) is 4.79 Å². The molecule has 3 nitrogen and oxygen atoms in total. The minimum absolute atomic E-state index is 0.222. The molecule has 126 valence electrons. The average Bonchev–Trinajstić information content (AvgIpc) is 2.55. The van der Waals surface area contributed by atoms with Crippen LogP contribution in [0.1, 0.15) is 71.6 Å². The van der Waals surface area contributed by atoms with Crippen LogP contribution in [0.25, 0.3) is 0 Å². The van der Waals surface area contributed by atoms with Crippen LogP contribution in [0, 0.1) is 0 Å². The highest BCUT2D eigenvalue weighted by molar-refractivity contribution is 5.66. The molecule has 0 aliphatic carbocycles. The molecule has 0 heterocycles. The van der Waals surface area contributed by atoms with Crippen molar-refractivity contribution in [3.8, 4) is 5.75 Å². The molecule has 0 bridgehead atoms. The number of carboxylic acid groups (broad SMARTS) is 1. The van der Waals surface area contributed by atoms with Crippen LogP contribution in [0.3, 0.4) is 0 Å². The van der Waals surface area contributed by atoms with E-state index in [0.29, 0.717) is 0 Å². The number of hydrogen-bond acceptors (Lipinski definition) is 2. The Labute approximate surface area is 135 Å². The number of unbranched alkanes of at least 4 members (excludes halogenated alkanes) is 7. The molecule has 0 saturated carbocycles. The fourth-order valence-electron chi connectivity index (χ4n) is 1.94. The molecule has 1 rings (SSSR count). The van der Waals surface area contributed by atoms with Gasteiger partial charge in [0.1, 0.15) is 5.75 Å². The summed E-state index contributed by atoms with van der Waals surface area (Å²) >= 11 is 0. The van der Waals surface area contributed by atoms with Crippen LogP contribution in [-0.4, -0.2) is 17.7 Å². The van der Waals surface area contributed by atoms with Crippen molar-refractivity contribution in [2.45, 2.75) is 71.6 Å². The van der Waals surface area contributed by atoms with Crippen LogP contribution in [-0.2, 0) is 4.79 Å². The number of ether oxygens (including phenoxy) is 1. The van der Waals surface area contributed by atoms with E-state index in [2.05, 4.69) is 6.92 Å². The summed E-state index contributed by atoms with van der Waals surface area (Å²) in [5, 5.41) is 7.72. The van der Waals surface area contributed by atoms with Crippen LogP contribution >= 0.6 is 0 Å². The third kappa shape index (κ3) is 14.9. The van der Waals surface area contributed by atoms with E-state index < -0.39 is 5.97 Å². The molecule has 0 radical (unpaired) electrons. The molecule has 0 spiro atoms. The van der Waals surface area contributed by atoms with Gasteiger partial charge in [0.25, 0.3) is 0 Å². The molecule has 0 unspecified atom stereocenters. The largest absolute Gasteiger partial charge is 0.494 e. The molecule has 0 saturated heterocycles. The first kappa shape index (κ1) is 20.5. The second kappa shape index (κ2) is 15.9. The highest BCUT2D eigenvalue weighted by Crippen LogP contribution is 2.11. The van der Waals surface area contributed by atoms with E-state index in [9.17, 15) is 4.79 Å². The van der Waals surface area contributed by atoms with Crippen molar-refractivity contribution in [2.24, 2.45) is 0 Å². The summed E-state index contributed by atoms with van der Waals surface area (Å²) < 4.78 is 5.65. The van der Waals surface area contributed by atoms with Gasteiger partial charge < -0.3 is 9.84 Å². The van der Waals surface area contributed by atoms with Crippen molar-refractivity contribution < 1.29 is 14.6 Å². The quantitative estimate of drug-likeness (QED) is 0.534. The van der Waals surface area contributed by atoms with Crippen molar-refractivity contribution >= 4 is 5.97 Å². The zero-order chi connectivity index (χ0) is 16.5. The monoisotopic (exact) mass is 308 g/mol. The molecule has 3 heteroatoms. The van der Waals surface area contributed by atoms with Crippen LogP contribution < -0.4 is 4.74 Å². The zero-order valence-corrected chi connectivity index (χ0v) is 14.2. The highest BCUT2D eigenvalue weighted by Gasteiger charge is 1.93. The van der Waals surface area contributed by atoms with E-state index >= 15 is 0 Å². The van der Waals surface area contributed by atoms with Crippen LogP contribution in [0.5, 0.6) is 5.75 Å². The van der Waals surface area contributed by atoms with Crippen LogP contribution in [0.2, 0.25) is 0 Å². The van der Waals surface area contributed by atoms with Gasteiger partial charge in [-0.1, -0.05) is 77.0 Å². The SMILES string of the molecule is CCC(=O)O.CCCCCCCCCCOc1ccccc1. The van der Waals surface area contributed by atoms with E-state index in [1.807, 2.05) is 30.3 Å². The standard InChI is InChI=1S/C16H26O.C3H6O2/c1-2-3-4-5-6-7-8-12-15-17-16-13-10-9-11-14-16;1-2-3(4)5/h9-11,13-14H,2-8,12,15H2,1H3;2H2,1H3,(H,4,5). The molecule has 1 N–H and O–H groups in total. The summed E-state index contributed by atoms with van der Waals surface area (Å²) in [6.45, 7) is 4.72. The predicted octanol–water partition coefficient (Wildman–Crippen LogP) is 5.69. The van der Waals surface area contributed by atoms with Gasteiger partial charge in [0.15, 0.2) is 0 Å². The topological polar surface area (TPSA) is 46.5 Å². The maximum absolute atomic E-state index is 9.37. The van der Waals surface area contributed by atoms with Gasteiger partial charge in [0.05, 0.1) is 6.61 Å². The summed E-state index contributed by atoms with van der Waals surface area (Å²) in [7, 11) is 0. The third-order valence-corrected chi connectivity index (χ3v) is 3.31. The van der Waals surface area contributed by atoms with Gasteiger partial charge in [-0.15, -0.1) is 0 Å². The summed E-state index contributed by atoms with van der Waals surface area (Å²) in [5.41, 5.74) is 0. The Bertz CT molecular complexity index is 349. The number of aliphatic carboxylic acids is 1. The first-order valence-corrected chi connectivity index (χ1v) is 8.60. The first-order chi connectivity index (χ1) is 10.7. The van der Waals surface area contributed by atoms with Crippen molar-refractivity contribution in [3.05, 3.63) is 30.3 Å².